The molecule has 1 aromatic heterocycles. The zero-order valence-electron chi connectivity index (χ0n) is 14.4. The molecule has 2 aromatic rings. The van der Waals surface area contributed by atoms with Gasteiger partial charge in [0, 0.05) is 18.8 Å². The predicted octanol–water partition coefficient (Wildman–Crippen LogP) is 4.14. The summed E-state index contributed by atoms with van der Waals surface area (Å²) in [6, 6.07) is 9.12. The second kappa shape index (κ2) is 7.82. The fraction of sp³-hybridized carbons (Fsp3) is 0.389. The maximum atomic E-state index is 12.8. The van der Waals surface area contributed by atoms with Crippen LogP contribution in [0.25, 0.3) is 0 Å². The number of furan rings is 1. The Morgan fingerprint density at radius 1 is 1.12 bits per heavy atom. The quantitative estimate of drug-likeness (QED) is 0.823. The number of sulfonamides is 1. The molecule has 1 aromatic carbocycles. The van der Waals surface area contributed by atoms with Gasteiger partial charge in [0.2, 0.25) is 10.0 Å². The van der Waals surface area contributed by atoms with E-state index in [-0.39, 0.29) is 21.9 Å². The van der Waals surface area contributed by atoms with E-state index in [4.69, 9.17) is 16.0 Å². The van der Waals surface area contributed by atoms with Crippen LogP contribution in [0.2, 0.25) is 5.22 Å². The maximum Gasteiger partial charge on any atom is 0.291 e. The number of rotatable bonds is 5. The van der Waals surface area contributed by atoms with Gasteiger partial charge in [-0.05, 0) is 60.8 Å². The molecule has 1 amide bonds. The van der Waals surface area contributed by atoms with Crippen LogP contribution in [-0.4, -0.2) is 31.7 Å². The molecule has 0 spiro atoms. The molecule has 8 heteroatoms. The number of carbonyl (C=O) groups is 1. The first kappa shape index (κ1) is 18.9. The van der Waals surface area contributed by atoms with Gasteiger partial charge in [0.1, 0.15) is 0 Å². The molecule has 140 valence electrons. The van der Waals surface area contributed by atoms with Crippen LogP contribution >= 0.6 is 11.6 Å². The number of benzene rings is 1. The van der Waals surface area contributed by atoms with Crippen LogP contribution < -0.4 is 5.32 Å². The van der Waals surface area contributed by atoms with Crippen molar-refractivity contribution in [2.24, 2.45) is 0 Å². The van der Waals surface area contributed by atoms with Gasteiger partial charge >= 0.3 is 0 Å². The van der Waals surface area contributed by atoms with Crippen molar-refractivity contribution < 1.29 is 17.6 Å². The summed E-state index contributed by atoms with van der Waals surface area (Å²) in [6.07, 6.45) is 5.09. The van der Waals surface area contributed by atoms with Gasteiger partial charge in [0.15, 0.2) is 11.0 Å². The van der Waals surface area contributed by atoms with Crippen molar-refractivity contribution >= 4 is 33.2 Å². The van der Waals surface area contributed by atoms with Crippen molar-refractivity contribution in [2.45, 2.75) is 43.0 Å². The summed E-state index contributed by atoms with van der Waals surface area (Å²) >= 11 is 5.65. The molecule has 1 aliphatic rings. The number of amides is 1. The van der Waals surface area contributed by atoms with E-state index in [1.54, 1.807) is 19.2 Å². The second-order valence-corrected chi connectivity index (χ2v) is 8.77. The zero-order valence-corrected chi connectivity index (χ0v) is 16.0. The van der Waals surface area contributed by atoms with Gasteiger partial charge < -0.3 is 9.73 Å². The average Bonchev–Trinajstić information content (AvgIpc) is 3.09. The highest BCUT2D eigenvalue weighted by Crippen LogP contribution is 2.27. The monoisotopic (exact) mass is 396 g/mol. The highest BCUT2D eigenvalue weighted by Gasteiger charge is 2.28. The smallest absolute Gasteiger partial charge is 0.291 e. The van der Waals surface area contributed by atoms with Gasteiger partial charge in [-0.2, -0.15) is 4.31 Å². The molecular weight excluding hydrogens is 376 g/mol. The number of carbonyl (C=O) groups excluding carboxylic acids is 1. The van der Waals surface area contributed by atoms with E-state index >= 15 is 0 Å². The van der Waals surface area contributed by atoms with Crippen LogP contribution in [0, 0.1) is 0 Å². The standard InChI is InChI=1S/C18H21ClN2O4S/c1-21(14-5-3-2-4-6-14)26(23,24)15-9-7-13(8-10-15)20-18(22)16-11-12-17(19)25-16/h7-12,14H,2-6H2,1H3,(H,20,22). The van der Waals surface area contributed by atoms with Crippen LogP contribution in [0.5, 0.6) is 0 Å². The van der Waals surface area contributed by atoms with Crippen LogP contribution in [0.4, 0.5) is 5.69 Å². The van der Waals surface area contributed by atoms with Gasteiger partial charge in [-0.25, -0.2) is 8.42 Å². The van der Waals surface area contributed by atoms with E-state index in [2.05, 4.69) is 5.32 Å². The first-order valence-corrected chi connectivity index (χ1v) is 10.3. The summed E-state index contributed by atoms with van der Waals surface area (Å²) in [5.74, 6) is -0.365. The molecule has 0 atom stereocenters. The Morgan fingerprint density at radius 3 is 2.35 bits per heavy atom. The topological polar surface area (TPSA) is 79.6 Å². The predicted molar refractivity (Wildman–Crippen MR) is 99.9 cm³/mol. The summed E-state index contributed by atoms with van der Waals surface area (Å²) < 4.78 is 32.1. The normalized spacial score (nSPS) is 16.0. The lowest BCUT2D eigenvalue weighted by atomic mass is 9.96. The fourth-order valence-corrected chi connectivity index (χ4v) is 4.71. The van der Waals surface area contributed by atoms with Crippen molar-refractivity contribution in [1.82, 2.24) is 4.31 Å². The van der Waals surface area contributed by atoms with E-state index in [0.717, 1.165) is 25.7 Å². The highest BCUT2D eigenvalue weighted by molar-refractivity contribution is 7.89. The van der Waals surface area contributed by atoms with Crippen LogP contribution in [0.1, 0.15) is 42.7 Å². The first-order chi connectivity index (χ1) is 12.4. The molecular formula is C18H21ClN2O4S. The van der Waals surface area contributed by atoms with Gasteiger partial charge in [-0.3, -0.25) is 4.79 Å². The molecule has 6 nitrogen and oxygen atoms in total. The van der Waals surface area contributed by atoms with Gasteiger partial charge in [-0.15, -0.1) is 0 Å². The van der Waals surface area contributed by atoms with Crippen LogP contribution in [0.3, 0.4) is 0 Å². The summed E-state index contributed by atoms with van der Waals surface area (Å²) in [5, 5.41) is 2.77. The van der Waals surface area contributed by atoms with Crippen molar-refractivity contribution in [2.75, 3.05) is 12.4 Å². The lowest BCUT2D eigenvalue weighted by Crippen LogP contribution is -2.38. The number of nitrogens with one attached hydrogen (secondary N) is 1. The van der Waals surface area contributed by atoms with Crippen molar-refractivity contribution in [3.8, 4) is 0 Å². The molecule has 0 radical (unpaired) electrons. The number of halogens is 1. The lowest BCUT2D eigenvalue weighted by Gasteiger charge is -2.30. The Morgan fingerprint density at radius 2 is 1.77 bits per heavy atom. The summed E-state index contributed by atoms with van der Waals surface area (Å²) in [5.41, 5.74) is 0.474. The Hall–Kier alpha value is -1.83. The van der Waals surface area contributed by atoms with E-state index in [1.807, 2.05) is 0 Å². The van der Waals surface area contributed by atoms with Crippen molar-refractivity contribution in [1.29, 1.82) is 0 Å². The average molecular weight is 397 g/mol. The number of nitrogens with zero attached hydrogens (tertiary/aromatic N) is 1. The molecule has 1 fully saturated rings. The molecule has 0 unspecified atom stereocenters. The SMILES string of the molecule is CN(C1CCCCC1)S(=O)(=O)c1ccc(NC(=O)c2ccc(Cl)o2)cc1. The van der Waals surface area contributed by atoms with Crippen molar-refractivity contribution in [3.05, 3.63) is 47.4 Å². The van der Waals surface area contributed by atoms with Gasteiger partial charge in [0.25, 0.3) is 5.91 Å². The number of anilines is 1. The minimum atomic E-state index is -3.55. The Bertz CT molecular complexity index is 871. The van der Waals surface area contributed by atoms with E-state index in [0.29, 0.717) is 5.69 Å². The highest BCUT2D eigenvalue weighted by atomic mass is 35.5. The van der Waals surface area contributed by atoms with Crippen LogP contribution in [0.15, 0.2) is 45.7 Å². The first-order valence-electron chi connectivity index (χ1n) is 8.53. The molecule has 0 saturated heterocycles. The third kappa shape index (κ3) is 4.11. The largest absolute Gasteiger partial charge is 0.440 e. The van der Waals surface area contributed by atoms with Crippen molar-refractivity contribution in [3.63, 3.8) is 0 Å². The Balaban J connectivity index is 1.70. The molecule has 1 heterocycles. The Labute approximate surface area is 158 Å². The molecule has 0 bridgehead atoms. The number of hydrogen-bond acceptors (Lipinski definition) is 4. The third-order valence-electron chi connectivity index (χ3n) is 4.68. The third-order valence-corrected chi connectivity index (χ3v) is 6.80. The summed E-state index contributed by atoms with van der Waals surface area (Å²) in [7, 11) is -1.91. The van der Waals surface area contributed by atoms with Gasteiger partial charge in [-0.1, -0.05) is 19.3 Å². The van der Waals surface area contributed by atoms with E-state index in [9.17, 15) is 13.2 Å². The molecule has 1 saturated carbocycles. The summed E-state index contributed by atoms with van der Waals surface area (Å²) in [6.45, 7) is 0. The summed E-state index contributed by atoms with van der Waals surface area (Å²) in [4.78, 5) is 12.2. The molecule has 1 N–H and O–H groups in total. The fourth-order valence-electron chi connectivity index (χ4n) is 3.15. The second-order valence-electron chi connectivity index (χ2n) is 6.40. The molecule has 0 aliphatic heterocycles. The molecule has 1 aliphatic carbocycles. The maximum absolute atomic E-state index is 12.8. The van der Waals surface area contributed by atoms with E-state index < -0.39 is 15.9 Å². The Kier molecular flexibility index (Phi) is 5.70. The van der Waals surface area contributed by atoms with Crippen LogP contribution in [-0.2, 0) is 10.0 Å². The zero-order chi connectivity index (χ0) is 18.7. The van der Waals surface area contributed by atoms with Gasteiger partial charge in [0.05, 0.1) is 4.90 Å². The molecule has 3 rings (SSSR count). The molecule has 26 heavy (non-hydrogen) atoms. The minimum Gasteiger partial charge on any atom is -0.440 e. The van der Waals surface area contributed by atoms with E-state index in [1.165, 1.54) is 35.0 Å². The minimum absolute atomic E-state index is 0.0526. The number of hydrogen-bond donors (Lipinski definition) is 1. The lowest BCUT2D eigenvalue weighted by molar-refractivity contribution is 0.0997.